The molecule has 0 N–H and O–H groups in total. The molecule has 0 saturated heterocycles. The second-order valence-electron chi connectivity index (χ2n) is 5.40. The summed E-state index contributed by atoms with van der Waals surface area (Å²) < 4.78 is 11.3. The lowest BCUT2D eigenvalue weighted by Gasteiger charge is -2.20. The van der Waals surface area contributed by atoms with Gasteiger partial charge in [-0.15, -0.1) is 0 Å². The summed E-state index contributed by atoms with van der Waals surface area (Å²) in [5, 5.41) is 0.777. The highest BCUT2D eigenvalue weighted by Crippen LogP contribution is 2.22. The molecule has 0 atom stereocenters. The Labute approximate surface area is 117 Å². The van der Waals surface area contributed by atoms with Crippen molar-refractivity contribution in [1.29, 1.82) is 0 Å². The van der Waals surface area contributed by atoms with Gasteiger partial charge in [0.1, 0.15) is 11.3 Å². The largest absolute Gasteiger partial charge is 0.464 e. The van der Waals surface area contributed by atoms with Gasteiger partial charge in [0.25, 0.3) is 0 Å². The summed E-state index contributed by atoms with van der Waals surface area (Å²) in [6, 6.07) is 8.83. The quantitative estimate of drug-likeness (QED) is 0.750. The molecule has 0 fully saturated rings. The molecule has 106 valence electrons. The minimum atomic E-state index is -0.643. The van der Waals surface area contributed by atoms with Crippen molar-refractivity contribution in [2.45, 2.75) is 26.4 Å². The first-order valence-electron chi connectivity index (χ1n) is 6.25. The van der Waals surface area contributed by atoms with Crippen LogP contribution < -0.4 is 0 Å². The summed E-state index contributed by atoms with van der Waals surface area (Å²) in [6.07, 6.45) is -0.598. The number of nitrogens with zero attached hydrogens (tertiary/aromatic N) is 1. The predicted molar refractivity (Wildman–Crippen MR) is 74.9 cm³/mol. The molecule has 1 heterocycles. The fourth-order valence-corrected chi connectivity index (χ4v) is 1.91. The SMILES string of the molecule is COC(=O)c1cc2ccccc2n1C(=O)OC(C)(C)C. The van der Waals surface area contributed by atoms with Crippen molar-refractivity contribution in [1.82, 2.24) is 4.57 Å². The lowest BCUT2D eigenvalue weighted by Crippen LogP contribution is -2.28. The van der Waals surface area contributed by atoms with Gasteiger partial charge < -0.3 is 9.47 Å². The number of carbonyl (C=O) groups is 2. The molecule has 0 unspecified atom stereocenters. The van der Waals surface area contributed by atoms with Gasteiger partial charge in [0.05, 0.1) is 12.6 Å². The van der Waals surface area contributed by atoms with Gasteiger partial charge in [0.15, 0.2) is 0 Å². The zero-order valence-electron chi connectivity index (χ0n) is 12.0. The van der Waals surface area contributed by atoms with Gasteiger partial charge in [0, 0.05) is 5.39 Å². The number of aromatic nitrogens is 1. The van der Waals surface area contributed by atoms with Crippen LogP contribution in [0.25, 0.3) is 10.9 Å². The number of benzene rings is 1. The van der Waals surface area contributed by atoms with E-state index in [1.807, 2.05) is 12.1 Å². The highest BCUT2D eigenvalue weighted by atomic mass is 16.6. The number of hydrogen-bond donors (Lipinski definition) is 0. The first kappa shape index (κ1) is 14.1. The van der Waals surface area contributed by atoms with Crippen LogP contribution in [0.1, 0.15) is 31.3 Å². The maximum absolute atomic E-state index is 12.3. The standard InChI is InChI=1S/C15H17NO4/c1-15(2,3)20-14(18)16-11-8-6-5-7-10(11)9-12(16)13(17)19-4/h5-9H,1-4H3. The lowest BCUT2D eigenvalue weighted by molar-refractivity contribution is 0.0490. The van der Waals surface area contributed by atoms with Crippen LogP contribution in [-0.2, 0) is 9.47 Å². The fraction of sp³-hybridized carbons (Fsp3) is 0.333. The topological polar surface area (TPSA) is 57.5 Å². The van der Waals surface area contributed by atoms with E-state index in [1.54, 1.807) is 39.0 Å². The molecule has 0 radical (unpaired) electrons. The number of para-hydroxylation sites is 1. The first-order chi connectivity index (χ1) is 9.33. The van der Waals surface area contributed by atoms with Crippen LogP contribution in [0.5, 0.6) is 0 Å². The normalized spacial score (nSPS) is 11.4. The van der Waals surface area contributed by atoms with E-state index < -0.39 is 17.7 Å². The van der Waals surface area contributed by atoms with Crippen LogP contribution in [-0.4, -0.2) is 29.3 Å². The van der Waals surface area contributed by atoms with E-state index in [-0.39, 0.29) is 5.69 Å². The zero-order chi connectivity index (χ0) is 14.9. The van der Waals surface area contributed by atoms with Crippen molar-refractivity contribution in [2.24, 2.45) is 0 Å². The van der Waals surface area contributed by atoms with Gasteiger partial charge in [-0.2, -0.15) is 0 Å². The summed E-state index contributed by atoms with van der Waals surface area (Å²) in [5.41, 5.74) is 0.126. The van der Waals surface area contributed by atoms with Crippen molar-refractivity contribution >= 4 is 23.0 Å². The third-order valence-corrected chi connectivity index (χ3v) is 2.68. The van der Waals surface area contributed by atoms with Crippen molar-refractivity contribution in [3.05, 3.63) is 36.0 Å². The molecule has 0 spiro atoms. The summed E-state index contributed by atoms with van der Waals surface area (Å²) in [6.45, 7) is 5.32. The molecule has 0 aliphatic heterocycles. The Morgan fingerprint density at radius 2 is 1.80 bits per heavy atom. The van der Waals surface area contributed by atoms with Gasteiger partial charge in [-0.1, -0.05) is 18.2 Å². The highest BCUT2D eigenvalue weighted by Gasteiger charge is 2.25. The number of fused-ring (bicyclic) bond motifs is 1. The van der Waals surface area contributed by atoms with Crippen LogP contribution in [0, 0.1) is 0 Å². The number of rotatable bonds is 1. The van der Waals surface area contributed by atoms with Gasteiger partial charge >= 0.3 is 12.1 Å². The van der Waals surface area contributed by atoms with Gasteiger partial charge in [-0.3, -0.25) is 0 Å². The van der Waals surface area contributed by atoms with E-state index in [0.717, 1.165) is 5.39 Å². The summed E-state index contributed by atoms with van der Waals surface area (Å²) in [4.78, 5) is 24.1. The molecule has 2 rings (SSSR count). The molecule has 5 heteroatoms. The van der Waals surface area contributed by atoms with Crippen molar-refractivity contribution in [3.8, 4) is 0 Å². The smallest absolute Gasteiger partial charge is 0.419 e. The van der Waals surface area contributed by atoms with E-state index in [2.05, 4.69) is 0 Å². The molecule has 0 bridgehead atoms. The maximum atomic E-state index is 12.3. The third-order valence-electron chi connectivity index (χ3n) is 2.68. The summed E-state index contributed by atoms with van der Waals surface area (Å²) in [7, 11) is 1.28. The molecule has 0 amide bonds. The van der Waals surface area contributed by atoms with Gasteiger partial charge in [-0.25, -0.2) is 14.2 Å². The Bertz CT molecular complexity index is 664. The van der Waals surface area contributed by atoms with Crippen LogP contribution in [0.15, 0.2) is 30.3 Å². The summed E-state index contributed by atoms with van der Waals surface area (Å²) >= 11 is 0. The molecule has 2 aromatic rings. The molecule has 0 aliphatic carbocycles. The van der Waals surface area contributed by atoms with Crippen LogP contribution >= 0.6 is 0 Å². The Hall–Kier alpha value is -2.30. The maximum Gasteiger partial charge on any atom is 0.419 e. The Kier molecular flexibility index (Phi) is 3.53. The lowest BCUT2D eigenvalue weighted by atomic mass is 10.2. The van der Waals surface area contributed by atoms with Crippen molar-refractivity contribution < 1.29 is 19.1 Å². The van der Waals surface area contributed by atoms with Crippen LogP contribution in [0.4, 0.5) is 4.79 Å². The van der Waals surface area contributed by atoms with E-state index >= 15 is 0 Å². The first-order valence-corrected chi connectivity index (χ1v) is 6.25. The van der Waals surface area contributed by atoms with Gasteiger partial charge in [0.2, 0.25) is 0 Å². The second-order valence-corrected chi connectivity index (χ2v) is 5.40. The van der Waals surface area contributed by atoms with E-state index in [1.165, 1.54) is 11.7 Å². The van der Waals surface area contributed by atoms with Crippen molar-refractivity contribution in [2.75, 3.05) is 7.11 Å². The number of ether oxygens (including phenoxy) is 2. The Morgan fingerprint density at radius 3 is 2.40 bits per heavy atom. The van der Waals surface area contributed by atoms with Crippen molar-refractivity contribution in [3.63, 3.8) is 0 Å². The molecule has 5 nitrogen and oxygen atoms in total. The third kappa shape index (κ3) is 2.66. The monoisotopic (exact) mass is 275 g/mol. The Morgan fingerprint density at radius 1 is 1.15 bits per heavy atom. The second kappa shape index (κ2) is 5.00. The molecule has 20 heavy (non-hydrogen) atoms. The molecule has 0 aliphatic rings. The van der Waals surface area contributed by atoms with E-state index in [9.17, 15) is 9.59 Å². The van der Waals surface area contributed by atoms with E-state index in [0.29, 0.717) is 5.52 Å². The zero-order valence-corrected chi connectivity index (χ0v) is 12.0. The number of esters is 1. The number of carbonyl (C=O) groups excluding carboxylic acids is 2. The Balaban J connectivity index is 2.59. The fourth-order valence-electron chi connectivity index (χ4n) is 1.91. The van der Waals surface area contributed by atoms with Gasteiger partial charge in [-0.05, 0) is 32.9 Å². The van der Waals surface area contributed by atoms with Crippen LogP contribution in [0.3, 0.4) is 0 Å². The highest BCUT2D eigenvalue weighted by molar-refractivity contribution is 6.01. The molecular formula is C15H17NO4. The molecule has 1 aromatic carbocycles. The predicted octanol–water partition coefficient (Wildman–Crippen LogP) is 3.21. The minimum Gasteiger partial charge on any atom is -0.464 e. The van der Waals surface area contributed by atoms with Crippen LogP contribution in [0.2, 0.25) is 0 Å². The molecule has 1 aromatic heterocycles. The average Bonchev–Trinajstić information content (AvgIpc) is 2.75. The minimum absolute atomic E-state index is 0.156. The van der Waals surface area contributed by atoms with E-state index in [4.69, 9.17) is 9.47 Å². The number of methoxy groups -OCH3 is 1. The summed E-state index contributed by atoms with van der Waals surface area (Å²) in [5.74, 6) is -0.577. The number of hydrogen-bond acceptors (Lipinski definition) is 4. The molecular weight excluding hydrogens is 258 g/mol. The average molecular weight is 275 g/mol. The molecule has 0 saturated carbocycles.